The van der Waals surface area contributed by atoms with Crippen molar-refractivity contribution in [1.82, 2.24) is 0 Å². The monoisotopic (exact) mass is 625 g/mol. The molecule has 0 rings (SSSR count). The van der Waals surface area contributed by atoms with Gasteiger partial charge in [0.2, 0.25) is 0 Å². The van der Waals surface area contributed by atoms with E-state index >= 15 is 0 Å². The molecule has 0 spiro atoms. The molecule has 0 saturated heterocycles. The summed E-state index contributed by atoms with van der Waals surface area (Å²) >= 11 is 0. The number of unbranched alkanes of at least 4 members (excludes halogenated alkanes) is 25. The Hall–Kier alpha value is -1.10. The number of aliphatic hydroxyl groups excluding tert-OH is 1. The predicted molar refractivity (Wildman–Crippen MR) is 187 cm³/mol. The van der Waals surface area contributed by atoms with Crippen molar-refractivity contribution < 1.29 is 24.2 Å². The minimum absolute atomic E-state index is 0.108. The van der Waals surface area contributed by atoms with Gasteiger partial charge in [-0.3, -0.25) is 9.59 Å². The predicted octanol–water partition coefficient (Wildman–Crippen LogP) is 11.8. The third-order valence-electron chi connectivity index (χ3n) is 8.77. The molecule has 0 aliphatic carbocycles. The first-order valence-corrected chi connectivity index (χ1v) is 19.4. The summed E-state index contributed by atoms with van der Waals surface area (Å²) in [4.78, 5) is 23.9. The second-order valence-electron chi connectivity index (χ2n) is 13.9. The molecule has 0 aromatic heterocycles. The van der Waals surface area contributed by atoms with Crippen LogP contribution in [0.15, 0.2) is 0 Å². The molecule has 0 amide bonds. The third-order valence-corrected chi connectivity index (χ3v) is 8.77. The van der Waals surface area contributed by atoms with Crippen LogP contribution in [0.1, 0.15) is 213 Å². The molecule has 5 nitrogen and oxygen atoms in total. The number of rotatable bonds is 35. The molecule has 262 valence electrons. The van der Waals surface area contributed by atoms with Gasteiger partial charge < -0.3 is 14.6 Å². The maximum atomic E-state index is 12.0. The quantitative estimate of drug-likeness (QED) is 0.0561. The van der Waals surface area contributed by atoms with Crippen LogP contribution in [0.25, 0.3) is 0 Å². The van der Waals surface area contributed by atoms with Crippen molar-refractivity contribution >= 4 is 11.9 Å². The fourth-order valence-electron chi connectivity index (χ4n) is 5.80. The molecular weight excluding hydrogens is 548 g/mol. The topological polar surface area (TPSA) is 72.8 Å². The highest BCUT2D eigenvalue weighted by molar-refractivity contribution is 5.69. The zero-order valence-corrected chi connectivity index (χ0v) is 29.9. The summed E-state index contributed by atoms with van der Waals surface area (Å²) in [6.45, 7) is 6.66. The van der Waals surface area contributed by atoms with E-state index in [9.17, 15) is 14.7 Å². The van der Waals surface area contributed by atoms with Crippen LogP contribution in [0.3, 0.4) is 0 Å². The van der Waals surface area contributed by atoms with Crippen molar-refractivity contribution in [3.8, 4) is 0 Å². The van der Waals surface area contributed by atoms with Gasteiger partial charge >= 0.3 is 11.9 Å². The minimum atomic E-state index is -0.955. The van der Waals surface area contributed by atoms with Crippen molar-refractivity contribution in [3.63, 3.8) is 0 Å². The van der Waals surface area contributed by atoms with Crippen molar-refractivity contribution in [2.24, 2.45) is 5.92 Å². The van der Waals surface area contributed by atoms with Crippen molar-refractivity contribution in [1.29, 1.82) is 0 Å². The first-order valence-electron chi connectivity index (χ1n) is 19.4. The lowest BCUT2D eigenvalue weighted by molar-refractivity contribution is -0.152. The number of hydrogen-bond acceptors (Lipinski definition) is 5. The maximum absolute atomic E-state index is 12.0. The Bertz CT molecular complexity index is 605. The van der Waals surface area contributed by atoms with Crippen LogP contribution >= 0.6 is 0 Å². The fourth-order valence-corrected chi connectivity index (χ4v) is 5.80. The summed E-state index contributed by atoms with van der Waals surface area (Å²) in [5.41, 5.74) is 0. The van der Waals surface area contributed by atoms with E-state index in [0.29, 0.717) is 12.8 Å². The van der Waals surface area contributed by atoms with Gasteiger partial charge in [-0.1, -0.05) is 188 Å². The van der Waals surface area contributed by atoms with E-state index in [-0.39, 0.29) is 25.2 Å². The van der Waals surface area contributed by atoms with Gasteiger partial charge in [0.25, 0.3) is 0 Å². The summed E-state index contributed by atoms with van der Waals surface area (Å²) in [5, 5.41) is 10.00. The second-order valence-corrected chi connectivity index (χ2v) is 13.9. The van der Waals surface area contributed by atoms with Crippen LogP contribution in [0.4, 0.5) is 0 Å². The molecule has 0 radical (unpaired) electrons. The molecule has 0 bridgehead atoms. The van der Waals surface area contributed by atoms with Gasteiger partial charge in [-0.05, 0) is 18.8 Å². The van der Waals surface area contributed by atoms with Gasteiger partial charge in [-0.25, -0.2) is 0 Å². The molecule has 1 N–H and O–H groups in total. The van der Waals surface area contributed by atoms with Gasteiger partial charge in [0.1, 0.15) is 19.3 Å². The van der Waals surface area contributed by atoms with Crippen LogP contribution in [-0.4, -0.2) is 36.4 Å². The van der Waals surface area contributed by atoms with E-state index < -0.39 is 6.10 Å². The largest absolute Gasteiger partial charge is 0.463 e. The van der Waals surface area contributed by atoms with Crippen LogP contribution in [0, 0.1) is 5.92 Å². The van der Waals surface area contributed by atoms with E-state index in [1.54, 1.807) is 0 Å². The van der Waals surface area contributed by atoms with Crippen molar-refractivity contribution in [3.05, 3.63) is 0 Å². The Balaban J connectivity index is 3.38. The van der Waals surface area contributed by atoms with Crippen LogP contribution in [0.5, 0.6) is 0 Å². The minimum Gasteiger partial charge on any atom is -0.463 e. The molecule has 44 heavy (non-hydrogen) atoms. The van der Waals surface area contributed by atoms with E-state index in [2.05, 4.69) is 20.8 Å². The van der Waals surface area contributed by atoms with Crippen molar-refractivity contribution in [2.45, 2.75) is 219 Å². The highest BCUT2D eigenvalue weighted by atomic mass is 16.6. The Morgan fingerprint density at radius 3 is 1.02 bits per heavy atom. The summed E-state index contributed by atoms with van der Waals surface area (Å²) in [7, 11) is 0. The van der Waals surface area contributed by atoms with Gasteiger partial charge in [0.15, 0.2) is 0 Å². The number of carbonyl (C=O) groups excluding carboxylic acids is 2. The molecule has 0 aromatic rings. The van der Waals surface area contributed by atoms with E-state index in [1.165, 1.54) is 154 Å². The average molecular weight is 625 g/mol. The molecule has 0 heterocycles. The molecule has 5 heteroatoms. The van der Waals surface area contributed by atoms with Crippen LogP contribution in [-0.2, 0) is 19.1 Å². The summed E-state index contributed by atoms with van der Waals surface area (Å²) in [6.07, 6.45) is 35.8. The molecular formula is C39H76O5. The summed E-state index contributed by atoms with van der Waals surface area (Å²) < 4.78 is 10.3. The molecule has 0 unspecified atom stereocenters. The number of aliphatic hydroxyl groups is 1. The van der Waals surface area contributed by atoms with Crippen LogP contribution in [0.2, 0.25) is 0 Å². The van der Waals surface area contributed by atoms with Gasteiger partial charge in [0, 0.05) is 12.8 Å². The smallest absolute Gasteiger partial charge is 0.305 e. The molecule has 0 aliphatic heterocycles. The molecule has 0 aliphatic rings. The lowest BCUT2D eigenvalue weighted by Gasteiger charge is -2.12. The maximum Gasteiger partial charge on any atom is 0.305 e. The number of carbonyl (C=O) groups is 2. The molecule has 1 atom stereocenters. The standard InChI is InChI=1S/C39H76O5/c1-4-5-6-7-8-9-10-11-12-13-14-17-20-23-26-29-32-38(41)43-34-37(40)35-44-39(42)33-30-27-24-21-18-15-16-19-22-25-28-31-36(2)3/h36-37,40H,4-35H2,1-3H3/t37-/m1/s1. The first kappa shape index (κ1) is 42.9. The zero-order chi connectivity index (χ0) is 32.4. The summed E-state index contributed by atoms with van der Waals surface area (Å²) in [5.74, 6) is 0.284. The highest BCUT2D eigenvalue weighted by Crippen LogP contribution is 2.16. The van der Waals surface area contributed by atoms with Crippen molar-refractivity contribution in [2.75, 3.05) is 13.2 Å². The summed E-state index contributed by atoms with van der Waals surface area (Å²) in [6, 6.07) is 0. The fraction of sp³-hybridized carbons (Fsp3) is 0.949. The molecule has 0 aromatic carbocycles. The molecule has 0 saturated carbocycles. The third kappa shape index (κ3) is 35.4. The van der Waals surface area contributed by atoms with Crippen LogP contribution < -0.4 is 0 Å². The lowest BCUT2D eigenvalue weighted by atomic mass is 10.0. The van der Waals surface area contributed by atoms with E-state index in [1.807, 2.05) is 0 Å². The van der Waals surface area contributed by atoms with E-state index in [0.717, 1.165) is 31.6 Å². The van der Waals surface area contributed by atoms with Gasteiger partial charge in [-0.2, -0.15) is 0 Å². The average Bonchev–Trinajstić information content (AvgIpc) is 3.00. The van der Waals surface area contributed by atoms with Gasteiger partial charge in [-0.15, -0.1) is 0 Å². The lowest BCUT2D eigenvalue weighted by Crippen LogP contribution is -2.25. The second kappa shape index (κ2) is 34.8. The zero-order valence-electron chi connectivity index (χ0n) is 29.9. The normalized spacial score (nSPS) is 12.1. The Morgan fingerprint density at radius 2 is 0.727 bits per heavy atom. The Labute approximate surface area is 274 Å². The first-order chi connectivity index (χ1) is 21.5. The highest BCUT2D eigenvalue weighted by Gasteiger charge is 2.12. The Morgan fingerprint density at radius 1 is 0.455 bits per heavy atom. The number of esters is 2. The van der Waals surface area contributed by atoms with Gasteiger partial charge in [0.05, 0.1) is 0 Å². The SMILES string of the molecule is CCCCCCCCCCCCCCCCCCC(=O)OC[C@@H](O)COC(=O)CCCCCCCCCCCCCC(C)C. The number of hydrogen-bond donors (Lipinski definition) is 1. The molecule has 0 fully saturated rings. The number of ether oxygens (including phenoxy) is 2. The Kier molecular flexibility index (Phi) is 33.9. The van der Waals surface area contributed by atoms with E-state index in [4.69, 9.17) is 9.47 Å².